The van der Waals surface area contributed by atoms with Crippen molar-refractivity contribution < 1.29 is 14.3 Å². The molecule has 3 aliphatic rings. The fraction of sp³-hybridized carbons (Fsp3) is 0.593. The summed E-state index contributed by atoms with van der Waals surface area (Å²) in [4.78, 5) is 27.3. The van der Waals surface area contributed by atoms with Crippen molar-refractivity contribution in [2.45, 2.75) is 62.1 Å². The van der Waals surface area contributed by atoms with Crippen LogP contribution in [0.15, 0.2) is 40.5 Å². The predicted molar refractivity (Wildman–Crippen MR) is 146 cm³/mol. The van der Waals surface area contributed by atoms with Gasteiger partial charge in [0.25, 0.3) is 0 Å². The first-order chi connectivity index (χ1) is 17.7. The van der Waals surface area contributed by atoms with Gasteiger partial charge in [0.15, 0.2) is 5.75 Å². The SMILES string of the molecule is CC1(CNC(=O)OC(C)(C)C)CCN(c2cnc(Sc3cccc4c3OCCN4C3CNC3)cn2)CC1. The van der Waals surface area contributed by atoms with Crippen LogP contribution in [0.3, 0.4) is 0 Å². The van der Waals surface area contributed by atoms with Gasteiger partial charge >= 0.3 is 6.09 Å². The molecule has 9 nitrogen and oxygen atoms in total. The van der Waals surface area contributed by atoms with E-state index in [4.69, 9.17) is 19.4 Å². The number of ether oxygens (including phenoxy) is 2. The first kappa shape index (κ1) is 25.9. The topological polar surface area (TPSA) is 91.8 Å². The lowest BCUT2D eigenvalue weighted by Crippen LogP contribution is -2.59. The molecule has 0 saturated carbocycles. The standard InChI is InChI=1S/C27H38N6O3S/c1-26(2,3)36-25(34)31-18-27(4)8-10-32(11-9-27)22-16-30-23(17-29-22)37-21-7-5-6-20-24(21)35-13-12-33(20)19-14-28-15-19/h5-7,16-17,19,28H,8-15,18H2,1-4H3,(H,31,34). The van der Waals surface area contributed by atoms with E-state index in [9.17, 15) is 4.79 Å². The molecule has 0 unspecified atom stereocenters. The first-order valence-corrected chi connectivity index (χ1v) is 14.0. The van der Waals surface area contributed by atoms with Gasteiger partial charge in [0.2, 0.25) is 0 Å². The van der Waals surface area contributed by atoms with Crippen LogP contribution >= 0.6 is 11.8 Å². The van der Waals surface area contributed by atoms with Crippen LogP contribution in [0.1, 0.15) is 40.5 Å². The van der Waals surface area contributed by atoms with Crippen LogP contribution in [0.4, 0.5) is 16.3 Å². The van der Waals surface area contributed by atoms with E-state index in [2.05, 4.69) is 45.6 Å². The van der Waals surface area contributed by atoms with Crippen LogP contribution in [0.2, 0.25) is 0 Å². The van der Waals surface area contributed by atoms with Crippen molar-refractivity contribution in [2.75, 3.05) is 55.7 Å². The van der Waals surface area contributed by atoms with Crippen molar-refractivity contribution in [3.05, 3.63) is 30.6 Å². The van der Waals surface area contributed by atoms with Crippen LogP contribution < -0.4 is 25.2 Å². The number of anilines is 2. The Morgan fingerprint density at radius 1 is 1.22 bits per heavy atom. The smallest absolute Gasteiger partial charge is 0.407 e. The number of para-hydroxylation sites is 1. The zero-order valence-electron chi connectivity index (χ0n) is 22.2. The van der Waals surface area contributed by atoms with Crippen molar-refractivity contribution in [3.63, 3.8) is 0 Å². The molecule has 0 atom stereocenters. The molecule has 1 amide bonds. The zero-order chi connectivity index (χ0) is 26.0. The maximum Gasteiger partial charge on any atom is 0.407 e. The molecule has 10 heteroatoms. The first-order valence-electron chi connectivity index (χ1n) is 13.1. The number of aromatic nitrogens is 2. The van der Waals surface area contributed by atoms with Gasteiger partial charge in [0, 0.05) is 32.7 Å². The highest BCUT2D eigenvalue weighted by molar-refractivity contribution is 7.99. The van der Waals surface area contributed by atoms with E-state index in [0.717, 1.165) is 67.1 Å². The molecule has 2 fully saturated rings. The number of nitrogens with zero attached hydrogens (tertiary/aromatic N) is 4. The average molecular weight is 527 g/mol. The lowest BCUT2D eigenvalue weighted by Gasteiger charge is -2.42. The summed E-state index contributed by atoms with van der Waals surface area (Å²) >= 11 is 1.60. The van der Waals surface area contributed by atoms with Gasteiger partial charge in [-0.05, 0) is 51.2 Å². The highest BCUT2D eigenvalue weighted by Crippen LogP contribution is 2.43. The number of rotatable bonds is 6. The van der Waals surface area contributed by atoms with Gasteiger partial charge < -0.3 is 29.9 Å². The number of benzene rings is 1. The molecule has 0 radical (unpaired) electrons. The number of fused-ring (bicyclic) bond motifs is 1. The van der Waals surface area contributed by atoms with Crippen molar-refractivity contribution in [3.8, 4) is 5.75 Å². The summed E-state index contributed by atoms with van der Waals surface area (Å²) in [5.74, 6) is 1.84. The average Bonchev–Trinajstić information content (AvgIpc) is 2.83. The van der Waals surface area contributed by atoms with Gasteiger partial charge in [-0.1, -0.05) is 24.8 Å². The largest absolute Gasteiger partial charge is 0.488 e. The number of hydrogen-bond donors (Lipinski definition) is 2. The maximum absolute atomic E-state index is 12.1. The fourth-order valence-electron chi connectivity index (χ4n) is 4.89. The summed E-state index contributed by atoms with van der Waals surface area (Å²) < 4.78 is 11.5. The molecule has 2 aromatic rings. The van der Waals surface area contributed by atoms with E-state index in [1.54, 1.807) is 11.8 Å². The number of alkyl carbamates (subject to hydrolysis) is 1. The molecule has 5 rings (SSSR count). The summed E-state index contributed by atoms with van der Waals surface area (Å²) in [5.41, 5.74) is 0.718. The summed E-state index contributed by atoms with van der Waals surface area (Å²) in [5, 5.41) is 7.16. The Morgan fingerprint density at radius 3 is 2.65 bits per heavy atom. The second kappa shape index (κ2) is 10.6. The Morgan fingerprint density at radius 2 is 2.00 bits per heavy atom. The van der Waals surface area contributed by atoms with Gasteiger partial charge in [-0.15, -0.1) is 0 Å². The molecule has 2 saturated heterocycles. The molecule has 0 aliphatic carbocycles. The third-order valence-electron chi connectivity index (χ3n) is 7.23. The lowest BCUT2D eigenvalue weighted by atomic mass is 9.80. The molecule has 37 heavy (non-hydrogen) atoms. The number of piperidine rings is 1. The third kappa shape index (κ3) is 6.23. The van der Waals surface area contributed by atoms with Crippen LogP contribution in [0.25, 0.3) is 0 Å². The highest BCUT2D eigenvalue weighted by Gasteiger charge is 2.32. The van der Waals surface area contributed by atoms with Gasteiger partial charge in [-0.2, -0.15) is 0 Å². The van der Waals surface area contributed by atoms with Crippen molar-refractivity contribution in [1.82, 2.24) is 20.6 Å². The molecule has 200 valence electrons. The van der Waals surface area contributed by atoms with Crippen molar-refractivity contribution >= 4 is 29.4 Å². The van der Waals surface area contributed by atoms with Crippen LogP contribution in [-0.4, -0.2) is 73.6 Å². The molecule has 4 heterocycles. The summed E-state index contributed by atoms with van der Waals surface area (Å²) in [7, 11) is 0. The molecular formula is C27H38N6O3S. The monoisotopic (exact) mass is 526 g/mol. The van der Waals surface area contributed by atoms with Gasteiger partial charge in [-0.3, -0.25) is 0 Å². The number of carbonyl (C=O) groups excluding carboxylic acids is 1. The molecular weight excluding hydrogens is 488 g/mol. The van der Waals surface area contributed by atoms with E-state index < -0.39 is 5.60 Å². The molecule has 1 aromatic heterocycles. The van der Waals surface area contributed by atoms with Gasteiger partial charge in [-0.25, -0.2) is 14.8 Å². The lowest BCUT2D eigenvalue weighted by molar-refractivity contribution is 0.0495. The molecule has 0 bridgehead atoms. The van der Waals surface area contributed by atoms with Crippen molar-refractivity contribution in [2.24, 2.45) is 5.41 Å². The van der Waals surface area contributed by atoms with E-state index >= 15 is 0 Å². The Kier molecular flexibility index (Phi) is 7.40. The quantitative estimate of drug-likeness (QED) is 0.581. The van der Waals surface area contributed by atoms with Crippen LogP contribution in [-0.2, 0) is 4.74 Å². The van der Waals surface area contributed by atoms with Gasteiger partial charge in [0.05, 0.1) is 35.6 Å². The Balaban J connectivity index is 1.16. The second-order valence-electron chi connectivity index (χ2n) is 11.4. The molecule has 0 spiro atoms. The normalized spacial score (nSPS) is 19.5. The van der Waals surface area contributed by atoms with E-state index in [0.29, 0.717) is 19.2 Å². The van der Waals surface area contributed by atoms with E-state index in [1.807, 2.05) is 33.2 Å². The maximum atomic E-state index is 12.1. The summed E-state index contributed by atoms with van der Waals surface area (Å²) in [6.07, 6.45) is 5.29. The number of nitrogens with one attached hydrogen (secondary N) is 2. The molecule has 3 aliphatic heterocycles. The summed E-state index contributed by atoms with van der Waals surface area (Å²) in [6.45, 7) is 13.9. The Hall–Kier alpha value is -2.72. The second-order valence-corrected chi connectivity index (χ2v) is 12.5. The highest BCUT2D eigenvalue weighted by atomic mass is 32.2. The zero-order valence-corrected chi connectivity index (χ0v) is 23.1. The fourth-order valence-corrected chi connectivity index (χ4v) is 5.72. The number of hydrogen-bond acceptors (Lipinski definition) is 9. The predicted octanol–water partition coefficient (Wildman–Crippen LogP) is 3.93. The Labute approximate surface area is 223 Å². The molecule has 2 N–H and O–H groups in total. The minimum Gasteiger partial charge on any atom is -0.488 e. The van der Waals surface area contributed by atoms with Crippen LogP contribution in [0, 0.1) is 5.41 Å². The minimum atomic E-state index is -0.488. The van der Waals surface area contributed by atoms with Crippen molar-refractivity contribution in [1.29, 1.82) is 0 Å². The minimum absolute atomic E-state index is 0.0342. The number of amides is 1. The summed E-state index contributed by atoms with van der Waals surface area (Å²) in [6, 6.07) is 6.89. The molecule has 1 aromatic carbocycles. The van der Waals surface area contributed by atoms with Crippen LogP contribution in [0.5, 0.6) is 5.75 Å². The number of carbonyl (C=O) groups is 1. The Bertz CT molecular complexity index is 1090. The van der Waals surface area contributed by atoms with Gasteiger partial charge in [0.1, 0.15) is 23.1 Å². The third-order valence-corrected chi connectivity index (χ3v) is 8.19. The van der Waals surface area contributed by atoms with E-state index in [1.165, 1.54) is 5.69 Å². The van der Waals surface area contributed by atoms with E-state index in [-0.39, 0.29) is 11.5 Å².